The second-order valence-corrected chi connectivity index (χ2v) is 4.93. The van der Waals surface area contributed by atoms with E-state index in [4.69, 9.17) is 4.74 Å². The van der Waals surface area contributed by atoms with Gasteiger partial charge in [-0.1, -0.05) is 38.1 Å². The lowest BCUT2D eigenvalue weighted by Crippen LogP contribution is -2.08. The van der Waals surface area contributed by atoms with Crippen LogP contribution in [0, 0.1) is 0 Å². The Morgan fingerprint density at radius 1 is 1.26 bits per heavy atom. The van der Waals surface area contributed by atoms with Crippen molar-refractivity contribution >= 4 is 11.8 Å². The lowest BCUT2D eigenvalue weighted by Gasteiger charge is -2.13. The van der Waals surface area contributed by atoms with Gasteiger partial charge in [0.2, 0.25) is 5.76 Å². The Kier molecular flexibility index (Phi) is 3.42. The highest BCUT2D eigenvalue weighted by Crippen LogP contribution is 2.35. The lowest BCUT2D eigenvalue weighted by atomic mass is 9.96. The number of Topliss-reactive ketones (excluding diaryl/α,β-unsaturated/α-hetero) is 1. The molecule has 1 aromatic rings. The molecule has 0 saturated heterocycles. The molecule has 100 valence electrons. The first-order chi connectivity index (χ1) is 8.91. The minimum Gasteiger partial charge on any atom is -0.501 e. The SMILES string of the molecule is CC(=O)C1=C(O)C(=O)O[C@H]1c1ccc(C(C)C)cc1. The summed E-state index contributed by atoms with van der Waals surface area (Å²) >= 11 is 0. The van der Waals surface area contributed by atoms with Crippen LogP contribution < -0.4 is 0 Å². The zero-order chi connectivity index (χ0) is 14.2. The van der Waals surface area contributed by atoms with Gasteiger partial charge in [-0.25, -0.2) is 4.79 Å². The number of aliphatic hydroxyl groups excluding tert-OH is 1. The van der Waals surface area contributed by atoms with E-state index in [2.05, 4.69) is 13.8 Å². The molecule has 1 aromatic carbocycles. The van der Waals surface area contributed by atoms with E-state index in [1.165, 1.54) is 6.92 Å². The normalized spacial score (nSPS) is 18.9. The number of carbonyl (C=O) groups excluding carboxylic acids is 2. The molecule has 0 aliphatic carbocycles. The number of ether oxygens (including phenoxy) is 1. The second-order valence-electron chi connectivity index (χ2n) is 4.93. The minimum atomic E-state index is -0.844. The predicted molar refractivity (Wildman–Crippen MR) is 69.7 cm³/mol. The van der Waals surface area contributed by atoms with Crippen molar-refractivity contribution in [2.24, 2.45) is 0 Å². The molecule has 1 aliphatic rings. The molecule has 0 fully saturated rings. The third-order valence-electron chi connectivity index (χ3n) is 3.22. The fourth-order valence-electron chi connectivity index (χ4n) is 2.10. The molecule has 1 N–H and O–H groups in total. The predicted octanol–water partition coefficient (Wildman–Crippen LogP) is 2.81. The van der Waals surface area contributed by atoms with Gasteiger partial charge < -0.3 is 9.84 Å². The number of hydrogen-bond donors (Lipinski definition) is 1. The van der Waals surface area contributed by atoms with Crippen molar-refractivity contribution in [1.29, 1.82) is 0 Å². The molecular formula is C15H16O4. The average Bonchev–Trinajstić information content (AvgIpc) is 2.66. The van der Waals surface area contributed by atoms with Crippen molar-refractivity contribution < 1.29 is 19.4 Å². The summed E-state index contributed by atoms with van der Waals surface area (Å²) in [5, 5.41) is 9.59. The van der Waals surface area contributed by atoms with E-state index < -0.39 is 17.8 Å². The van der Waals surface area contributed by atoms with Crippen LogP contribution in [0.25, 0.3) is 0 Å². The van der Waals surface area contributed by atoms with Gasteiger partial charge in [0, 0.05) is 0 Å². The van der Waals surface area contributed by atoms with Crippen LogP contribution in [0.3, 0.4) is 0 Å². The lowest BCUT2D eigenvalue weighted by molar-refractivity contribution is -0.142. The van der Waals surface area contributed by atoms with Crippen molar-refractivity contribution in [3.8, 4) is 0 Å². The molecule has 1 aliphatic heterocycles. The molecule has 4 nitrogen and oxygen atoms in total. The number of aliphatic hydroxyl groups is 1. The number of rotatable bonds is 3. The Labute approximate surface area is 111 Å². The van der Waals surface area contributed by atoms with E-state index in [0.29, 0.717) is 11.5 Å². The topological polar surface area (TPSA) is 63.6 Å². The summed E-state index contributed by atoms with van der Waals surface area (Å²) in [5.74, 6) is -1.38. The first-order valence-electron chi connectivity index (χ1n) is 6.16. The first kappa shape index (κ1) is 13.3. The van der Waals surface area contributed by atoms with E-state index in [9.17, 15) is 14.7 Å². The highest BCUT2D eigenvalue weighted by atomic mass is 16.6. The zero-order valence-corrected chi connectivity index (χ0v) is 11.1. The average molecular weight is 260 g/mol. The molecule has 1 atom stereocenters. The number of cyclic esters (lactones) is 1. The van der Waals surface area contributed by atoms with Gasteiger partial charge in [0.1, 0.15) is 0 Å². The van der Waals surface area contributed by atoms with E-state index in [1.807, 2.05) is 24.3 Å². The Morgan fingerprint density at radius 2 is 1.84 bits per heavy atom. The summed E-state index contributed by atoms with van der Waals surface area (Å²) in [6, 6.07) is 7.49. The number of hydrogen-bond acceptors (Lipinski definition) is 4. The van der Waals surface area contributed by atoms with Gasteiger partial charge in [0.25, 0.3) is 0 Å². The summed E-state index contributed by atoms with van der Waals surface area (Å²) in [7, 11) is 0. The van der Waals surface area contributed by atoms with Crippen molar-refractivity contribution in [2.45, 2.75) is 32.8 Å². The number of benzene rings is 1. The van der Waals surface area contributed by atoms with Crippen LogP contribution in [0.15, 0.2) is 35.6 Å². The fourth-order valence-corrected chi connectivity index (χ4v) is 2.10. The first-order valence-corrected chi connectivity index (χ1v) is 6.16. The van der Waals surface area contributed by atoms with E-state index in [1.54, 1.807) is 0 Å². The van der Waals surface area contributed by atoms with E-state index in [-0.39, 0.29) is 11.4 Å². The molecule has 0 amide bonds. The molecule has 0 saturated carbocycles. The summed E-state index contributed by atoms with van der Waals surface area (Å²) in [4.78, 5) is 22.9. The Morgan fingerprint density at radius 3 is 2.32 bits per heavy atom. The number of carbonyl (C=O) groups is 2. The maximum Gasteiger partial charge on any atom is 0.374 e. The second kappa shape index (κ2) is 4.88. The molecule has 4 heteroatoms. The third-order valence-corrected chi connectivity index (χ3v) is 3.22. The minimum absolute atomic E-state index is 0.0299. The van der Waals surface area contributed by atoms with Crippen LogP contribution in [0.5, 0.6) is 0 Å². The number of ketones is 1. The third kappa shape index (κ3) is 2.38. The summed E-state index contributed by atoms with van der Waals surface area (Å²) in [6.07, 6.45) is -0.800. The van der Waals surface area contributed by atoms with Crippen molar-refractivity contribution in [3.63, 3.8) is 0 Å². The number of esters is 1. The standard InChI is InChI=1S/C15H16O4/c1-8(2)10-4-6-11(7-5-10)14-12(9(3)16)13(17)15(18)19-14/h4-8,14,17H,1-3H3/t14-/m0/s1. The largest absolute Gasteiger partial charge is 0.501 e. The molecule has 0 radical (unpaired) electrons. The van der Waals surface area contributed by atoms with Crippen molar-refractivity contribution in [3.05, 3.63) is 46.7 Å². The van der Waals surface area contributed by atoms with Crippen LogP contribution in [0.4, 0.5) is 0 Å². The van der Waals surface area contributed by atoms with Crippen LogP contribution >= 0.6 is 0 Å². The van der Waals surface area contributed by atoms with Gasteiger partial charge in [0.05, 0.1) is 5.57 Å². The molecular weight excluding hydrogens is 244 g/mol. The monoisotopic (exact) mass is 260 g/mol. The quantitative estimate of drug-likeness (QED) is 0.849. The van der Waals surface area contributed by atoms with Crippen LogP contribution in [0.2, 0.25) is 0 Å². The Balaban J connectivity index is 2.37. The Bertz CT molecular complexity index is 552. The van der Waals surface area contributed by atoms with Crippen LogP contribution in [-0.4, -0.2) is 16.9 Å². The van der Waals surface area contributed by atoms with Crippen LogP contribution in [0.1, 0.15) is 43.9 Å². The highest BCUT2D eigenvalue weighted by Gasteiger charge is 2.37. The van der Waals surface area contributed by atoms with Gasteiger partial charge in [-0.3, -0.25) is 4.79 Å². The van der Waals surface area contributed by atoms with Gasteiger partial charge in [0.15, 0.2) is 11.9 Å². The van der Waals surface area contributed by atoms with E-state index in [0.717, 1.165) is 5.56 Å². The maximum atomic E-state index is 11.5. The zero-order valence-electron chi connectivity index (χ0n) is 11.1. The molecule has 0 aromatic heterocycles. The molecule has 0 bridgehead atoms. The molecule has 19 heavy (non-hydrogen) atoms. The van der Waals surface area contributed by atoms with Gasteiger partial charge in [-0.05, 0) is 24.0 Å². The van der Waals surface area contributed by atoms with Gasteiger partial charge >= 0.3 is 5.97 Å². The van der Waals surface area contributed by atoms with Crippen LogP contribution in [-0.2, 0) is 14.3 Å². The highest BCUT2D eigenvalue weighted by molar-refractivity contribution is 6.05. The molecule has 0 unspecified atom stereocenters. The van der Waals surface area contributed by atoms with Gasteiger partial charge in [-0.2, -0.15) is 0 Å². The van der Waals surface area contributed by atoms with Crippen molar-refractivity contribution in [2.75, 3.05) is 0 Å². The molecule has 1 heterocycles. The molecule has 0 spiro atoms. The van der Waals surface area contributed by atoms with E-state index >= 15 is 0 Å². The summed E-state index contributed by atoms with van der Waals surface area (Å²) in [5.41, 5.74) is 1.87. The summed E-state index contributed by atoms with van der Waals surface area (Å²) in [6.45, 7) is 5.47. The van der Waals surface area contributed by atoms with Gasteiger partial charge in [-0.15, -0.1) is 0 Å². The summed E-state index contributed by atoms with van der Waals surface area (Å²) < 4.78 is 5.05. The molecule has 2 rings (SSSR count). The Hall–Kier alpha value is -2.10. The fraction of sp³-hybridized carbons (Fsp3) is 0.333. The maximum absolute atomic E-state index is 11.5. The van der Waals surface area contributed by atoms with Crippen molar-refractivity contribution in [1.82, 2.24) is 0 Å². The smallest absolute Gasteiger partial charge is 0.374 e.